The van der Waals surface area contributed by atoms with Crippen molar-refractivity contribution in [1.82, 2.24) is 9.21 Å². The van der Waals surface area contributed by atoms with Gasteiger partial charge in [-0.15, -0.1) is 11.3 Å². The fourth-order valence-corrected chi connectivity index (χ4v) is 6.74. The Hall–Kier alpha value is -2.48. The summed E-state index contributed by atoms with van der Waals surface area (Å²) in [6, 6.07) is 22.2. The zero-order chi connectivity index (χ0) is 23.1. The first-order valence-electron chi connectivity index (χ1n) is 11.4. The molecule has 1 fully saturated rings. The molecular weight excluding hydrogens is 452 g/mol. The Morgan fingerprint density at radius 3 is 2.15 bits per heavy atom. The van der Waals surface area contributed by atoms with E-state index in [4.69, 9.17) is 0 Å². The molecule has 0 bridgehead atoms. The monoisotopic (exact) mass is 482 g/mol. The van der Waals surface area contributed by atoms with Crippen LogP contribution in [0, 0.1) is 0 Å². The van der Waals surface area contributed by atoms with Crippen LogP contribution in [0.25, 0.3) is 0 Å². The normalized spacial score (nSPS) is 14.9. The molecule has 5 nitrogen and oxygen atoms in total. The first-order chi connectivity index (χ1) is 16.0. The van der Waals surface area contributed by atoms with Gasteiger partial charge >= 0.3 is 0 Å². The molecule has 0 N–H and O–H groups in total. The second-order valence-electron chi connectivity index (χ2n) is 8.47. The van der Waals surface area contributed by atoms with E-state index in [-0.39, 0.29) is 23.4 Å². The highest BCUT2D eigenvalue weighted by atomic mass is 32.2. The smallest absolute Gasteiger partial charge is 0.243 e. The topological polar surface area (TPSA) is 57.7 Å². The fraction of sp³-hybridized carbons (Fsp3) is 0.346. The molecule has 33 heavy (non-hydrogen) atoms. The lowest BCUT2D eigenvalue weighted by Gasteiger charge is -2.34. The molecule has 1 aliphatic carbocycles. The quantitative estimate of drug-likeness (QED) is 0.416. The fourth-order valence-electron chi connectivity index (χ4n) is 4.37. The maximum Gasteiger partial charge on any atom is 0.243 e. The molecule has 0 atom stereocenters. The van der Waals surface area contributed by atoms with Crippen LogP contribution in [0.15, 0.2) is 83.1 Å². The van der Waals surface area contributed by atoms with Crippen molar-refractivity contribution in [1.29, 1.82) is 0 Å². The Morgan fingerprint density at radius 2 is 1.52 bits per heavy atom. The average molecular weight is 483 g/mol. The van der Waals surface area contributed by atoms with Crippen molar-refractivity contribution in [2.45, 2.75) is 56.1 Å². The van der Waals surface area contributed by atoms with Crippen LogP contribution < -0.4 is 0 Å². The summed E-state index contributed by atoms with van der Waals surface area (Å²) in [5.41, 5.74) is 1.03. The molecule has 1 aromatic heterocycles. The highest BCUT2D eigenvalue weighted by molar-refractivity contribution is 7.89. The maximum atomic E-state index is 13.6. The third-order valence-corrected chi connectivity index (χ3v) is 8.89. The van der Waals surface area contributed by atoms with Gasteiger partial charge in [-0.05, 0) is 42.0 Å². The molecule has 0 unspecified atom stereocenters. The Labute approximate surface area is 200 Å². The van der Waals surface area contributed by atoms with Gasteiger partial charge in [-0.2, -0.15) is 4.31 Å². The van der Waals surface area contributed by atoms with Crippen LogP contribution in [0.4, 0.5) is 0 Å². The Bertz CT molecular complexity index is 1110. The van der Waals surface area contributed by atoms with Gasteiger partial charge in [0.1, 0.15) is 0 Å². The number of nitrogens with zero attached hydrogens (tertiary/aromatic N) is 2. The number of sulfonamides is 1. The summed E-state index contributed by atoms with van der Waals surface area (Å²) < 4.78 is 28.7. The highest BCUT2D eigenvalue weighted by Gasteiger charge is 2.35. The number of carbonyl (C=O) groups is 1. The summed E-state index contributed by atoms with van der Waals surface area (Å²) in [5.74, 6) is -0.169. The maximum absolute atomic E-state index is 13.6. The van der Waals surface area contributed by atoms with Gasteiger partial charge in [0.05, 0.1) is 18.0 Å². The van der Waals surface area contributed by atoms with E-state index in [1.807, 2.05) is 47.8 Å². The van der Waals surface area contributed by atoms with Gasteiger partial charge in [0.15, 0.2) is 0 Å². The standard InChI is InChI=1S/C26H30N2O3S2/c29-26(27(20-24-15-10-18-32-24)19-22-11-4-1-5-12-22)21-28(23-13-6-2-7-14-23)33(30,31)25-16-8-3-9-17-25/h1,3-5,8-12,15-18,23H,2,6-7,13-14,19-21H2. The molecule has 7 heteroatoms. The van der Waals surface area contributed by atoms with Crippen molar-refractivity contribution in [2.24, 2.45) is 0 Å². The van der Waals surface area contributed by atoms with E-state index in [1.54, 1.807) is 46.6 Å². The molecule has 0 radical (unpaired) electrons. The number of amides is 1. The van der Waals surface area contributed by atoms with E-state index in [0.29, 0.717) is 13.1 Å². The first-order valence-corrected chi connectivity index (χ1v) is 13.8. The number of benzene rings is 2. The van der Waals surface area contributed by atoms with Crippen molar-refractivity contribution in [3.8, 4) is 0 Å². The SMILES string of the molecule is O=C(CN(C1CCCCC1)S(=O)(=O)c1ccccc1)N(Cc1ccccc1)Cc1cccs1. The van der Waals surface area contributed by atoms with Gasteiger partial charge in [0, 0.05) is 17.5 Å². The Morgan fingerprint density at radius 1 is 0.848 bits per heavy atom. The van der Waals surface area contributed by atoms with Crippen molar-refractivity contribution in [2.75, 3.05) is 6.54 Å². The van der Waals surface area contributed by atoms with Gasteiger partial charge in [-0.3, -0.25) is 4.79 Å². The van der Waals surface area contributed by atoms with Crippen molar-refractivity contribution >= 4 is 27.3 Å². The summed E-state index contributed by atoms with van der Waals surface area (Å²) in [7, 11) is -3.78. The molecule has 0 aliphatic heterocycles. The van der Waals surface area contributed by atoms with E-state index >= 15 is 0 Å². The lowest BCUT2D eigenvalue weighted by molar-refractivity contribution is -0.133. The first kappa shape index (κ1) is 23.7. The van der Waals surface area contributed by atoms with Gasteiger partial charge in [0.2, 0.25) is 15.9 Å². The van der Waals surface area contributed by atoms with E-state index in [1.165, 1.54) is 4.31 Å². The number of hydrogen-bond acceptors (Lipinski definition) is 4. The Kier molecular flexibility index (Phi) is 7.96. The summed E-state index contributed by atoms with van der Waals surface area (Å²) in [5, 5.41) is 1.99. The van der Waals surface area contributed by atoms with Crippen LogP contribution >= 0.6 is 11.3 Å². The van der Waals surface area contributed by atoms with E-state index < -0.39 is 10.0 Å². The van der Waals surface area contributed by atoms with Gasteiger partial charge in [-0.1, -0.05) is 73.9 Å². The third-order valence-electron chi connectivity index (χ3n) is 6.12. The van der Waals surface area contributed by atoms with Crippen LogP contribution in [0.3, 0.4) is 0 Å². The predicted molar refractivity (Wildman–Crippen MR) is 132 cm³/mol. The molecule has 1 amide bonds. The minimum absolute atomic E-state index is 0.139. The van der Waals surface area contributed by atoms with Crippen LogP contribution in [0.2, 0.25) is 0 Å². The molecule has 0 saturated heterocycles. The van der Waals surface area contributed by atoms with Gasteiger partial charge < -0.3 is 4.90 Å². The van der Waals surface area contributed by atoms with Crippen LogP contribution in [-0.4, -0.2) is 36.1 Å². The van der Waals surface area contributed by atoms with E-state index in [2.05, 4.69) is 0 Å². The minimum atomic E-state index is -3.78. The predicted octanol–water partition coefficient (Wildman–Crippen LogP) is 5.30. The molecule has 1 heterocycles. The second kappa shape index (κ2) is 11.1. The Balaban J connectivity index is 1.61. The number of hydrogen-bond donors (Lipinski definition) is 0. The summed E-state index contributed by atoms with van der Waals surface area (Å²) in [6.07, 6.45) is 4.68. The molecule has 0 spiro atoms. The largest absolute Gasteiger partial charge is 0.332 e. The van der Waals surface area contributed by atoms with Gasteiger partial charge in [0.25, 0.3) is 0 Å². The number of thiophene rings is 1. The van der Waals surface area contributed by atoms with Gasteiger partial charge in [-0.25, -0.2) is 8.42 Å². The molecule has 2 aromatic carbocycles. The summed E-state index contributed by atoms with van der Waals surface area (Å²) >= 11 is 1.60. The van der Waals surface area contributed by atoms with E-state index in [0.717, 1.165) is 42.5 Å². The molecule has 1 saturated carbocycles. The molecule has 3 aromatic rings. The average Bonchev–Trinajstić information content (AvgIpc) is 3.37. The number of carbonyl (C=O) groups excluding carboxylic acids is 1. The third kappa shape index (κ3) is 6.10. The minimum Gasteiger partial charge on any atom is -0.332 e. The highest BCUT2D eigenvalue weighted by Crippen LogP contribution is 2.28. The van der Waals surface area contributed by atoms with Crippen LogP contribution in [0.1, 0.15) is 42.5 Å². The molecule has 174 valence electrons. The van der Waals surface area contributed by atoms with Crippen molar-refractivity contribution in [3.05, 3.63) is 88.6 Å². The van der Waals surface area contributed by atoms with Crippen LogP contribution in [0.5, 0.6) is 0 Å². The second-order valence-corrected chi connectivity index (χ2v) is 11.4. The van der Waals surface area contributed by atoms with Crippen LogP contribution in [-0.2, 0) is 27.9 Å². The summed E-state index contributed by atoms with van der Waals surface area (Å²) in [6.45, 7) is 0.775. The lowest BCUT2D eigenvalue weighted by Crippen LogP contribution is -2.47. The van der Waals surface area contributed by atoms with E-state index in [9.17, 15) is 13.2 Å². The molecule has 1 aliphatic rings. The van der Waals surface area contributed by atoms with Crippen molar-refractivity contribution < 1.29 is 13.2 Å². The zero-order valence-corrected chi connectivity index (χ0v) is 20.3. The zero-order valence-electron chi connectivity index (χ0n) is 18.7. The number of rotatable bonds is 9. The summed E-state index contributed by atoms with van der Waals surface area (Å²) in [4.78, 5) is 16.7. The van der Waals surface area contributed by atoms with Crippen molar-refractivity contribution in [3.63, 3.8) is 0 Å². The molecule has 4 rings (SSSR count). The molecular formula is C26H30N2O3S2. The lowest BCUT2D eigenvalue weighted by atomic mass is 9.95.